The van der Waals surface area contributed by atoms with Crippen molar-refractivity contribution in [3.63, 3.8) is 0 Å². The highest BCUT2D eigenvalue weighted by molar-refractivity contribution is 6.12. The molecule has 0 amide bonds. The molecule has 0 aliphatic heterocycles. The van der Waals surface area contributed by atoms with Crippen molar-refractivity contribution < 1.29 is 4.79 Å². The van der Waals surface area contributed by atoms with E-state index in [1.807, 2.05) is 36.4 Å². The van der Waals surface area contributed by atoms with Crippen LogP contribution < -0.4 is 5.73 Å². The number of nitrogens with zero attached hydrogens (tertiary/aromatic N) is 1. The Morgan fingerprint density at radius 2 is 1.74 bits per heavy atom. The van der Waals surface area contributed by atoms with Gasteiger partial charge in [0.1, 0.15) is 5.69 Å². The molecule has 0 aliphatic rings. The number of rotatable bonds is 2. The lowest BCUT2D eigenvalue weighted by atomic mass is 10.0. The number of hydrogen-bond donors (Lipinski definition) is 1. The Morgan fingerprint density at radius 1 is 0.947 bits per heavy atom. The van der Waals surface area contributed by atoms with E-state index in [0.29, 0.717) is 16.9 Å². The van der Waals surface area contributed by atoms with Gasteiger partial charge in [-0.3, -0.25) is 9.78 Å². The molecule has 0 bridgehead atoms. The zero-order valence-corrected chi connectivity index (χ0v) is 10.2. The van der Waals surface area contributed by atoms with Crippen LogP contribution in [0.3, 0.4) is 0 Å². The monoisotopic (exact) mass is 248 g/mol. The van der Waals surface area contributed by atoms with Crippen LogP contribution in [-0.4, -0.2) is 10.8 Å². The van der Waals surface area contributed by atoms with Crippen LogP contribution in [0, 0.1) is 0 Å². The largest absolute Gasteiger partial charge is 0.397 e. The van der Waals surface area contributed by atoms with E-state index in [0.717, 1.165) is 10.8 Å². The number of aromatic nitrogens is 1. The highest BCUT2D eigenvalue weighted by atomic mass is 16.1. The molecule has 0 unspecified atom stereocenters. The second-order valence-corrected chi connectivity index (χ2v) is 4.33. The summed E-state index contributed by atoms with van der Waals surface area (Å²) in [6.45, 7) is 0. The molecule has 0 radical (unpaired) electrons. The van der Waals surface area contributed by atoms with Gasteiger partial charge in [-0.25, -0.2) is 0 Å². The van der Waals surface area contributed by atoms with Crippen LogP contribution in [0.2, 0.25) is 0 Å². The van der Waals surface area contributed by atoms with Crippen molar-refractivity contribution in [3.05, 3.63) is 72.1 Å². The third kappa shape index (κ3) is 2.06. The van der Waals surface area contributed by atoms with E-state index < -0.39 is 0 Å². The van der Waals surface area contributed by atoms with Crippen molar-refractivity contribution in [3.8, 4) is 0 Å². The molecule has 2 aromatic carbocycles. The maximum atomic E-state index is 12.4. The van der Waals surface area contributed by atoms with Gasteiger partial charge in [0, 0.05) is 11.8 Å². The van der Waals surface area contributed by atoms with Crippen molar-refractivity contribution in [2.24, 2.45) is 0 Å². The molecule has 2 N–H and O–H groups in total. The Hall–Kier alpha value is -2.68. The van der Waals surface area contributed by atoms with Gasteiger partial charge in [-0.05, 0) is 29.0 Å². The van der Waals surface area contributed by atoms with E-state index in [1.165, 1.54) is 0 Å². The van der Waals surface area contributed by atoms with E-state index in [1.54, 1.807) is 24.4 Å². The van der Waals surface area contributed by atoms with Gasteiger partial charge in [0.05, 0.1) is 5.69 Å². The fourth-order valence-corrected chi connectivity index (χ4v) is 2.07. The van der Waals surface area contributed by atoms with E-state index in [-0.39, 0.29) is 5.78 Å². The molecule has 1 heterocycles. The number of nitrogens with two attached hydrogens (primary N) is 1. The molecule has 0 aliphatic carbocycles. The average Bonchev–Trinajstić information content (AvgIpc) is 2.46. The molecule has 0 spiro atoms. The average molecular weight is 248 g/mol. The Balaban J connectivity index is 2.09. The lowest BCUT2D eigenvalue weighted by Gasteiger charge is -2.05. The van der Waals surface area contributed by atoms with Crippen LogP contribution in [0.25, 0.3) is 10.8 Å². The lowest BCUT2D eigenvalue weighted by Crippen LogP contribution is -2.07. The normalized spacial score (nSPS) is 10.5. The maximum Gasteiger partial charge on any atom is 0.213 e. The van der Waals surface area contributed by atoms with Crippen molar-refractivity contribution in [2.75, 3.05) is 5.73 Å². The highest BCUT2D eigenvalue weighted by Crippen LogP contribution is 2.19. The molecule has 3 heteroatoms. The minimum Gasteiger partial charge on any atom is -0.397 e. The van der Waals surface area contributed by atoms with Gasteiger partial charge in [-0.15, -0.1) is 0 Å². The quantitative estimate of drug-likeness (QED) is 0.709. The van der Waals surface area contributed by atoms with Gasteiger partial charge in [0.25, 0.3) is 0 Å². The minimum atomic E-state index is -0.149. The minimum absolute atomic E-state index is 0.149. The molecule has 0 fully saturated rings. The molecule has 3 nitrogen and oxygen atoms in total. The summed E-state index contributed by atoms with van der Waals surface area (Å²) >= 11 is 0. The topological polar surface area (TPSA) is 56.0 Å². The molecule has 0 saturated carbocycles. The summed E-state index contributed by atoms with van der Waals surface area (Å²) in [7, 11) is 0. The predicted octanol–water partition coefficient (Wildman–Crippen LogP) is 3.05. The van der Waals surface area contributed by atoms with Gasteiger partial charge >= 0.3 is 0 Å². The number of carbonyl (C=O) groups excluding carboxylic acids is 1. The first-order chi connectivity index (χ1) is 9.25. The fraction of sp³-hybridized carbons (Fsp3) is 0. The van der Waals surface area contributed by atoms with Crippen LogP contribution >= 0.6 is 0 Å². The van der Waals surface area contributed by atoms with E-state index >= 15 is 0 Å². The zero-order valence-electron chi connectivity index (χ0n) is 10.2. The van der Waals surface area contributed by atoms with Gasteiger partial charge in [-0.2, -0.15) is 0 Å². The van der Waals surface area contributed by atoms with Crippen molar-refractivity contribution >= 4 is 22.2 Å². The highest BCUT2D eigenvalue weighted by Gasteiger charge is 2.13. The van der Waals surface area contributed by atoms with E-state index in [4.69, 9.17) is 5.73 Å². The number of pyridine rings is 1. The summed E-state index contributed by atoms with van der Waals surface area (Å²) in [6.07, 6.45) is 1.57. The van der Waals surface area contributed by atoms with E-state index in [2.05, 4.69) is 4.98 Å². The number of ketones is 1. The fourth-order valence-electron chi connectivity index (χ4n) is 2.07. The van der Waals surface area contributed by atoms with E-state index in [9.17, 15) is 4.79 Å². The number of carbonyl (C=O) groups is 1. The van der Waals surface area contributed by atoms with Gasteiger partial charge < -0.3 is 5.73 Å². The van der Waals surface area contributed by atoms with Gasteiger partial charge in [0.2, 0.25) is 5.78 Å². The van der Waals surface area contributed by atoms with Crippen LogP contribution in [0.4, 0.5) is 5.69 Å². The van der Waals surface area contributed by atoms with Gasteiger partial charge in [0.15, 0.2) is 0 Å². The molecule has 1 aromatic heterocycles. The Kier molecular flexibility index (Phi) is 2.72. The Bertz CT molecular complexity index is 765. The second kappa shape index (κ2) is 4.53. The standard InChI is InChI=1S/C16H12N2O/c17-14-6-3-9-18-15(14)16(19)13-8-7-11-4-1-2-5-12(11)10-13/h1-10H,17H2. The second-order valence-electron chi connectivity index (χ2n) is 4.33. The summed E-state index contributed by atoms with van der Waals surface area (Å²) < 4.78 is 0. The maximum absolute atomic E-state index is 12.4. The van der Waals surface area contributed by atoms with Gasteiger partial charge in [-0.1, -0.05) is 36.4 Å². The number of nitrogen functional groups attached to an aromatic ring is 1. The van der Waals surface area contributed by atoms with Crippen LogP contribution in [-0.2, 0) is 0 Å². The smallest absolute Gasteiger partial charge is 0.213 e. The predicted molar refractivity (Wildman–Crippen MR) is 76.0 cm³/mol. The number of benzene rings is 2. The van der Waals surface area contributed by atoms with Crippen LogP contribution in [0.15, 0.2) is 60.8 Å². The first-order valence-electron chi connectivity index (χ1n) is 6.00. The molecule has 0 atom stereocenters. The SMILES string of the molecule is Nc1cccnc1C(=O)c1ccc2ccccc2c1. The van der Waals surface area contributed by atoms with Crippen molar-refractivity contribution in [1.29, 1.82) is 0 Å². The summed E-state index contributed by atoms with van der Waals surface area (Å²) in [5.41, 5.74) is 7.10. The molecule has 19 heavy (non-hydrogen) atoms. The third-order valence-corrected chi connectivity index (χ3v) is 3.07. The summed E-state index contributed by atoms with van der Waals surface area (Å²) in [5, 5.41) is 2.14. The molecule has 3 aromatic rings. The molecule has 0 saturated heterocycles. The number of hydrogen-bond acceptors (Lipinski definition) is 3. The van der Waals surface area contributed by atoms with Crippen molar-refractivity contribution in [2.45, 2.75) is 0 Å². The lowest BCUT2D eigenvalue weighted by molar-refractivity contribution is 0.103. The first-order valence-corrected chi connectivity index (χ1v) is 6.00. The molecule has 92 valence electrons. The molecular formula is C16H12N2O. The molecular weight excluding hydrogens is 236 g/mol. The molecule has 3 rings (SSSR count). The summed E-state index contributed by atoms with van der Waals surface area (Å²) in [6, 6.07) is 16.9. The zero-order chi connectivity index (χ0) is 13.2. The Morgan fingerprint density at radius 3 is 2.53 bits per heavy atom. The summed E-state index contributed by atoms with van der Waals surface area (Å²) in [4.78, 5) is 16.4. The third-order valence-electron chi connectivity index (χ3n) is 3.07. The van der Waals surface area contributed by atoms with Crippen LogP contribution in [0.1, 0.15) is 16.1 Å². The number of anilines is 1. The first kappa shape index (κ1) is 11.4. The van der Waals surface area contributed by atoms with Crippen molar-refractivity contribution in [1.82, 2.24) is 4.98 Å². The Labute approximate surface area is 110 Å². The summed E-state index contributed by atoms with van der Waals surface area (Å²) in [5.74, 6) is -0.149. The van der Waals surface area contributed by atoms with Crippen LogP contribution in [0.5, 0.6) is 0 Å². The number of fused-ring (bicyclic) bond motifs is 1.